The quantitative estimate of drug-likeness (QED) is 0.516. The van der Waals surface area contributed by atoms with Gasteiger partial charge in [0.15, 0.2) is 5.82 Å². The number of non-ortho nitro benzene ring substituents is 1. The molecule has 0 N–H and O–H groups in total. The molecule has 0 aliphatic carbocycles. The Kier molecular flexibility index (Phi) is 2.45. The number of rotatable bonds is 2. The van der Waals surface area contributed by atoms with E-state index in [1.54, 1.807) is 29.2 Å². The zero-order chi connectivity index (χ0) is 13.4. The fourth-order valence-electron chi connectivity index (χ4n) is 1.81. The van der Waals surface area contributed by atoms with Crippen LogP contribution < -0.4 is 0 Å². The van der Waals surface area contributed by atoms with E-state index in [4.69, 9.17) is 0 Å². The van der Waals surface area contributed by atoms with Gasteiger partial charge in [-0.15, -0.1) is 0 Å². The molecule has 7 nitrogen and oxygen atoms in total. The summed E-state index contributed by atoms with van der Waals surface area (Å²) in [5.41, 5.74) is 2.36. The largest absolute Gasteiger partial charge is 0.269 e. The van der Waals surface area contributed by atoms with E-state index in [9.17, 15) is 10.1 Å². The van der Waals surface area contributed by atoms with Crippen LogP contribution >= 0.6 is 0 Å². The number of nitro benzene ring substituents is 1. The van der Waals surface area contributed by atoms with Crippen molar-refractivity contribution in [3.63, 3.8) is 0 Å². The Hall–Kier alpha value is -2.83. The maximum absolute atomic E-state index is 10.6. The highest BCUT2D eigenvalue weighted by Crippen LogP contribution is 2.20. The molecule has 0 aliphatic heterocycles. The van der Waals surface area contributed by atoms with Crippen LogP contribution in [0, 0.1) is 10.1 Å². The van der Waals surface area contributed by atoms with E-state index in [1.807, 2.05) is 7.05 Å². The lowest BCUT2D eigenvalue weighted by atomic mass is 10.2. The normalized spacial score (nSPS) is 10.8. The van der Waals surface area contributed by atoms with E-state index in [0.29, 0.717) is 5.82 Å². The number of hydrogen-bond acceptors (Lipinski definition) is 5. The monoisotopic (exact) mass is 255 g/mol. The molecular weight excluding hydrogens is 246 g/mol. The van der Waals surface area contributed by atoms with Gasteiger partial charge in [0.05, 0.1) is 17.3 Å². The minimum Gasteiger partial charge on any atom is -0.265 e. The van der Waals surface area contributed by atoms with E-state index in [1.165, 1.54) is 12.1 Å². The van der Waals surface area contributed by atoms with E-state index in [-0.39, 0.29) is 5.69 Å². The third-order valence-electron chi connectivity index (χ3n) is 2.84. The molecule has 0 fully saturated rings. The summed E-state index contributed by atoms with van der Waals surface area (Å²) in [6, 6.07) is 6.14. The molecule has 94 valence electrons. The Labute approximate surface area is 107 Å². The summed E-state index contributed by atoms with van der Waals surface area (Å²) in [5, 5.41) is 14.7. The molecule has 0 aliphatic rings. The molecule has 2 heterocycles. The summed E-state index contributed by atoms with van der Waals surface area (Å²) in [5.74, 6) is 0.524. The molecule has 0 atom stereocenters. The lowest BCUT2D eigenvalue weighted by molar-refractivity contribution is -0.384. The van der Waals surface area contributed by atoms with Crippen molar-refractivity contribution in [1.29, 1.82) is 0 Å². The van der Waals surface area contributed by atoms with Crippen LogP contribution in [0.25, 0.3) is 22.4 Å². The van der Waals surface area contributed by atoms with Gasteiger partial charge >= 0.3 is 0 Å². The van der Waals surface area contributed by atoms with Gasteiger partial charge < -0.3 is 0 Å². The Balaban J connectivity index is 2.05. The molecule has 0 bridgehead atoms. The van der Waals surface area contributed by atoms with Crippen LogP contribution in [0.3, 0.4) is 0 Å². The highest BCUT2D eigenvalue weighted by Gasteiger charge is 2.08. The van der Waals surface area contributed by atoms with Gasteiger partial charge in [-0.2, -0.15) is 5.10 Å². The first-order chi connectivity index (χ1) is 9.15. The molecule has 0 unspecified atom stereocenters. The second-order valence-electron chi connectivity index (χ2n) is 4.04. The molecule has 7 heteroatoms. The van der Waals surface area contributed by atoms with Gasteiger partial charge in [-0.3, -0.25) is 14.8 Å². The van der Waals surface area contributed by atoms with Gasteiger partial charge in [-0.1, -0.05) is 0 Å². The average molecular weight is 255 g/mol. The molecule has 0 spiro atoms. The molecule has 0 saturated heterocycles. The first-order valence-corrected chi connectivity index (χ1v) is 5.55. The second-order valence-corrected chi connectivity index (χ2v) is 4.04. The van der Waals surface area contributed by atoms with Gasteiger partial charge in [0.25, 0.3) is 5.69 Å². The molecule has 3 rings (SSSR count). The van der Waals surface area contributed by atoms with Crippen LogP contribution in [0.2, 0.25) is 0 Å². The van der Waals surface area contributed by atoms with Crippen molar-refractivity contribution in [1.82, 2.24) is 19.7 Å². The third kappa shape index (κ3) is 1.90. The highest BCUT2D eigenvalue weighted by molar-refractivity contribution is 5.75. The first kappa shape index (κ1) is 11.3. The number of aromatic nitrogens is 4. The van der Waals surface area contributed by atoms with Crippen molar-refractivity contribution in [2.24, 2.45) is 7.05 Å². The molecule has 19 heavy (non-hydrogen) atoms. The van der Waals surface area contributed by atoms with Crippen LogP contribution in [0.1, 0.15) is 0 Å². The Bertz CT molecular complexity index is 763. The molecule has 0 saturated carbocycles. The van der Waals surface area contributed by atoms with Crippen molar-refractivity contribution in [2.75, 3.05) is 0 Å². The van der Waals surface area contributed by atoms with Crippen molar-refractivity contribution in [3.8, 4) is 11.4 Å². The van der Waals surface area contributed by atoms with Gasteiger partial charge in [-0.05, 0) is 12.1 Å². The van der Waals surface area contributed by atoms with E-state index in [0.717, 1.165) is 16.6 Å². The molecule has 0 radical (unpaired) electrons. The smallest absolute Gasteiger partial charge is 0.265 e. The zero-order valence-corrected chi connectivity index (χ0v) is 10.0. The summed E-state index contributed by atoms with van der Waals surface area (Å²) in [7, 11) is 1.82. The lowest BCUT2D eigenvalue weighted by Gasteiger charge is -2.00. The molecule has 0 amide bonds. The standard InChI is InChI=1S/C12H9N5O2/c1-16-11-7-13-12(15-10(11)6-14-16)8-2-4-9(5-3-8)17(18)19/h2-7H,1H3. The second kappa shape index (κ2) is 4.13. The predicted octanol–water partition coefficient (Wildman–Crippen LogP) is 1.94. The van der Waals surface area contributed by atoms with Crippen molar-refractivity contribution in [3.05, 3.63) is 46.8 Å². The maximum atomic E-state index is 10.6. The van der Waals surface area contributed by atoms with E-state index >= 15 is 0 Å². The maximum Gasteiger partial charge on any atom is 0.269 e. The Morgan fingerprint density at radius 1 is 1.21 bits per heavy atom. The topological polar surface area (TPSA) is 86.7 Å². The fraction of sp³-hybridized carbons (Fsp3) is 0.0833. The lowest BCUT2D eigenvalue weighted by Crippen LogP contribution is -1.93. The summed E-state index contributed by atoms with van der Waals surface area (Å²) in [4.78, 5) is 18.8. The zero-order valence-electron chi connectivity index (χ0n) is 10.0. The number of aryl methyl sites for hydroxylation is 1. The summed E-state index contributed by atoms with van der Waals surface area (Å²) in [6.07, 6.45) is 3.35. The number of hydrogen-bond donors (Lipinski definition) is 0. The minimum atomic E-state index is -0.436. The SMILES string of the molecule is Cn1ncc2nc(-c3ccc([N+](=O)[O-])cc3)ncc21. The van der Waals surface area contributed by atoms with Crippen molar-refractivity contribution >= 4 is 16.7 Å². The first-order valence-electron chi connectivity index (χ1n) is 5.55. The van der Waals surface area contributed by atoms with Crippen molar-refractivity contribution in [2.45, 2.75) is 0 Å². The van der Waals surface area contributed by atoms with Gasteiger partial charge in [0.2, 0.25) is 0 Å². The van der Waals surface area contributed by atoms with Crippen molar-refractivity contribution < 1.29 is 4.92 Å². The fourth-order valence-corrected chi connectivity index (χ4v) is 1.81. The number of benzene rings is 1. The molecule has 3 aromatic rings. The van der Waals surface area contributed by atoms with Crippen LogP contribution in [0.5, 0.6) is 0 Å². The van der Waals surface area contributed by atoms with Crippen LogP contribution in [0.4, 0.5) is 5.69 Å². The Morgan fingerprint density at radius 2 is 1.95 bits per heavy atom. The summed E-state index contributed by atoms with van der Waals surface area (Å²) in [6.45, 7) is 0. The predicted molar refractivity (Wildman–Crippen MR) is 68.4 cm³/mol. The number of fused-ring (bicyclic) bond motifs is 1. The molecule has 1 aromatic carbocycles. The highest BCUT2D eigenvalue weighted by atomic mass is 16.6. The summed E-state index contributed by atoms with van der Waals surface area (Å²) >= 11 is 0. The van der Waals surface area contributed by atoms with Gasteiger partial charge in [0, 0.05) is 24.7 Å². The number of nitro groups is 1. The molecule has 2 aromatic heterocycles. The average Bonchev–Trinajstić information content (AvgIpc) is 2.80. The van der Waals surface area contributed by atoms with Gasteiger partial charge in [-0.25, -0.2) is 9.97 Å². The van der Waals surface area contributed by atoms with Gasteiger partial charge in [0.1, 0.15) is 11.0 Å². The Morgan fingerprint density at radius 3 is 2.63 bits per heavy atom. The van der Waals surface area contributed by atoms with E-state index in [2.05, 4.69) is 15.1 Å². The van der Waals surface area contributed by atoms with Crippen LogP contribution in [-0.4, -0.2) is 24.7 Å². The van der Waals surface area contributed by atoms with Crippen LogP contribution in [0.15, 0.2) is 36.7 Å². The third-order valence-corrected chi connectivity index (χ3v) is 2.84. The van der Waals surface area contributed by atoms with E-state index < -0.39 is 4.92 Å². The molecular formula is C12H9N5O2. The number of nitrogens with zero attached hydrogens (tertiary/aromatic N) is 5. The van der Waals surface area contributed by atoms with Crippen LogP contribution in [-0.2, 0) is 7.05 Å². The minimum absolute atomic E-state index is 0.0474. The summed E-state index contributed by atoms with van der Waals surface area (Å²) < 4.78 is 1.69.